The average molecular weight is 97.2 g/mol. The molecule has 2 rings (SSSR count). The zero-order valence-corrected chi connectivity index (χ0v) is 4.48. The molecule has 0 aliphatic heterocycles. The molecule has 2 saturated carbocycles. The molecular weight excluding hydrogens is 86.1 g/mol. The second-order valence-electron chi connectivity index (χ2n) is 3.03. The quantitative estimate of drug-likeness (QED) is 0.477. The van der Waals surface area contributed by atoms with Gasteiger partial charge in [0.15, 0.2) is 0 Å². The Balaban J connectivity index is 2.05. The van der Waals surface area contributed by atoms with Crippen LogP contribution >= 0.6 is 0 Å². The predicted molar refractivity (Wildman–Crippen MR) is 28.9 cm³/mol. The lowest BCUT2D eigenvalue weighted by Gasteiger charge is -2.25. The van der Waals surface area contributed by atoms with Crippen LogP contribution in [-0.4, -0.2) is 6.04 Å². The van der Waals surface area contributed by atoms with E-state index in [0.717, 1.165) is 0 Å². The van der Waals surface area contributed by atoms with Crippen LogP contribution in [0.1, 0.15) is 25.7 Å². The fourth-order valence-corrected chi connectivity index (χ4v) is 1.58. The summed E-state index contributed by atoms with van der Waals surface area (Å²) in [6.07, 6.45) is 5.61. The molecule has 1 spiro atoms. The molecule has 40 valence electrons. The summed E-state index contributed by atoms with van der Waals surface area (Å²) in [4.78, 5) is 0. The van der Waals surface area contributed by atoms with Crippen LogP contribution in [0.5, 0.6) is 0 Å². The molecule has 2 N–H and O–H groups in total. The van der Waals surface area contributed by atoms with Gasteiger partial charge in [-0.15, -0.1) is 0 Å². The molecule has 0 radical (unpaired) electrons. The Bertz CT molecular complexity index is 88.8. The SMILES string of the molecule is N[C@H]1CC12CCC2. The summed E-state index contributed by atoms with van der Waals surface area (Å²) >= 11 is 0. The lowest BCUT2D eigenvalue weighted by Crippen LogP contribution is -2.21. The van der Waals surface area contributed by atoms with Gasteiger partial charge in [0.25, 0.3) is 0 Å². The highest BCUT2D eigenvalue weighted by molar-refractivity contribution is 5.10. The van der Waals surface area contributed by atoms with Crippen LogP contribution in [0, 0.1) is 5.41 Å². The van der Waals surface area contributed by atoms with Gasteiger partial charge in [0, 0.05) is 6.04 Å². The van der Waals surface area contributed by atoms with Crippen molar-refractivity contribution in [3.05, 3.63) is 0 Å². The van der Waals surface area contributed by atoms with Crippen LogP contribution in [0.2, 0.25) is 0 Å². The van der Waals surface area contributed by atoms with E-state index in [0.29, 0.717) is 11.5 Å². The van der Waals surface area contributed by atoms with Crippen molar-refractivity contribution in [3.8, 4) is 0 Å². The molecule has 0 bridgehead atoms. The molecule has 0 saturated heterocycles. The third-order valence-corrected chi connectivity index (χ3v) is 2.60. The summed E-state index contributed by atoms with van der Waals surface area (Å²) in [7, 11) is 0. The van der Waals surface area contributed by atoms with Crippen LogP contribution in [-0.2, 0) is 0 Å². The lowest BCUT2D eigenvalue weighted by molar-refractivity contribution is 0.278. The second-order valence-corrected chi connectivity index (χ2v) is 3.03. The third-order valence-electron chi connectivity index (χ3n) is 2.60. The Morgan fingerprint density at radius 1 is 1.43 bits per heavy atom. The number of hydrogen-bond donors (Lipinski definition) is 1. The highest BCUT2D eigenvalue weighted by Gasteiger charge is 2.55. The Labute approximate surface area is 43.9 Å². The normalized spacial score (nSPS) is 43.3. The zero-order chi connectivity index (χ0) is 4.91. The van der Waals surface area contributed by atoms with Gasteiger partial charge in [-0.2, -0.15) is 0 Å². The summed E-state index contributed by atoms with van der Waals surface area (Å²) in [6.45, 7) is 0. The molecular formula is C6H11N. The van der Waals surface area contributed by atoms with Gasteiger partial charge >= 0.3 is 0 Å². The van der Waals surface area contributed by atoms with Crippen LogP contribution in [0.4, 0.5) is 0 Å². The van der Waals surface area contributed by atoms with Crippen LogP contribution < -0.4 is 5.73 Å². The standard InChI is InChI=1S/C6H11N/c7-5-4-6(5)2-1-3-6/h5H,1-4,7H2/t5-/m0/s1. The minimum atomic E-state index is 0.598. The van der Waals surface area contributed by atoms with Crippen LogP contribution in [0.15, 0.2) is 0 Å². The van der Waals surface area contributed by atoms with Crippen molar-refractivity contribution in [2.45, 2.75) is 31.7 Å². The fourth-order valence-electron chi connectivity index (χ4n) is 1.58. The molecule has 0 heterocycles. The van der Waals surface area contributed by atoms with Crippen molar-refractivity contribution in [3.63, 3.8) is 0 Å². The van der Waals surface area contributed by atoms with Crippen molar-refractivity contribution in [2.24, 2.45) is 11.1 Å². The van der Waals surface area contributed by atoms with Gasteiger partial charge in [-0.1, -0.05) is 6.42 Å². The first-order valence-corrected chi connectivity index (χ1v) is 3.09. The summed E-state index contributed by atoms with van der Waals surface area (Å²) in [6, 6.07) is 0.598. The van der Waals surface area contributed by atoms with Gasteiger partial charge in [-0.3, -0.25) is 0 Å². The first-order valence-electron chi connectivity index (χ1n) is 3.09. The molecule has 2 aliphatic rings. The molecule has 0 unspecified atom stereocenters. The molecule has 0 aromatic carbocycles. The van der Waals surface area contributed by atoms with Crippen LogP contribution in [0.3, 0.4) is 0 Å². The zero-order valence-electron chi connectivity index (χ0n) is 4.48. The third kappa shape index (κ3) is 0.325. The monoisotopic (exact) mass is 97.1 g/mol. The van der Waals surface area contributed by atoms with Gasteiger partial charge in [0.2, 0.25) is 0 Å². The molecule has 1 atom stereocenters. The summed E-state index contributed by atoms with van der Waals surface area (Å²) in [5.74, 6) is 0. The maximum Gasteiger partial charge on any atom is 0.0102 e. The van der Waals surface area contributed by atoms with E-state index >= 15 is 0 Å². The first-order chi connectivity index (χ1) is 3.33. The van der Waals surface area contributed by atoms with E-state index in [1.165, 1.54) is 25.7 Å². The lowest BCUT2D eigenvalue weighted by atomic mass is 9.81. The Kier molecular flexibility index (Phi) is 0.487. The van der Waals surface area contributed by atoms with Crippen molar-refractivity contribution in [1.29, 1.82) is 0 Å². The molecule has 1 heteroatoms. The average Bonchev–Trinajstić information content (AvgIpc) is 2.10. The highest BCUT2D eigenvalue weighted by atomic mass is 14.8. The Morgan fingerprint density at radius 3 is 2.00 bits per heavy atom. The van der Waals surface area contributed by atoms with Crippen molar-refractivity contribution >= 4 is 0 Å². The second kappa shape index (κ2) is 0.873. The smallest absolute Gasteiger partial charge is 0.0102 e. The molecule has 0 aromatic rings. The molecule has 2 aliphatic carbocycles. The molecule has 2 fully saturated rings. The van der Waals surface area contributed by atoms with E-state index < -0.39 is 0 Å². The number of rotatable bonds is 0. The molecule has 0 aromatic heterocycles. The fraction of sp³-hybridized carbons (Fsp3) is 1.00. The van der Waals surface area contributed by atoms with Crippen molar-refractivity contribution in [2.75, 3.05) is 0 Å². The Morgan fingerprint density at radius 2 is 2.00 bits per heavy atom. The molecule has 7 heavy (non-hydrogen) atoms. The largest absolute Gasteiger partial charge is 0.327 e. The van der Waals surface area contributed by atoms with Gasteiger partial charge in [0.1, 0.15) is 0 Å². The van der Waals surface area contributed by atoms with Gasteiger partial charge in [-0.25, -0.2) is 0 Å². The van der Waals surface area contributed by atoms with Crippen LogP contribution in [0.25, 0.3) is 0 Å². The van der Waals surface area contributed by atoms with E-state index in [4.69, 9.17) is 5.73 Å². The van der Waals surface area contributed by atoms with E-state index in [9.17, 15) is 0 Å². The molecule has 1 nitrogen and oxygen atoms in total. The minimum Gasteiger partial charge on any atom is -0.327 e. The maximum atomic E-state index is 5.66. The predicted octanol–water partition coefficient (Wildman–Crippen LogP) is 0.888. The summed E-state index contributed by atoms with van der Waals surface area (Å²) in [5.41, 5.74) is 6.37. The minimum absolute atomic E-state index is 0.598. The van der Waals surface area contributed by atoms with Gasteiger partial charge in [-0.05, 0) is 24.7 Å². The van der Waals surface area contributed by atoms with E-state index in [2.05, 4.69) is 0 Å². The number of nitrogens with two attached hydrogens (primary N) is 1. The van der Waals surface area contributed by atoms with E-state index in [1.54, 1.807) is 0 Å². The highest BCUT2D eigenvalue weighted by Crippen LogP contribution is 2.59. The topological polar surface area (TPSA) is 26.0 Å². The van der Waals surface area contributed by atoms with Crippen molar-refractivity contribution in [1.82, 2.24) is 0 Å². The van der Waals surface area contributed by atoms with E-state index in [1.807, 2.05) is 0 Å². The van der Waals surface area contributed by atoms with Crippen molar-refractivity contribution < 1.29 is 0 Å². The summed E-state index contributed by atoms with van der Waals surface area (Å²) < 4.78 is 0. The summed E-state index contributed by atoms with van der Waals surface area (Å²) in [5, 5.41) is 0. The van der Waals surface area contributed by atoms with Gasteiger partial charge < -0.3 is 5.73 Å². The maximum absolute atomic E-state index is 5.66. The van der Waals surface area contributed by atoms with E-state index in [-0.39, 0.29) is 0 Å². The molecule has 0 amide bonds. The number of hydrogen-bond acceptors (Lipinski definition) is 1. The Hall–Kier alpha value is -0.0400. The first kappa shape index (κ1) is 3.90. The van der Waals surface area contributed by atoms with Gasteiger partial charge in [0.05, 0.1) is 0 Å².